The molecule has 1 heterocycles. The quantitative estimate of drug-likeness (QED) is 0.397. The lowest BCUT2D eigenvalue weighted by atomic mass is 9.97. The first-order valence-corrected chi connectivity index (χ1v) is 12.7. The number of nitrogens with one attached hydrogen (secondary N) is 2. The molecule has 1 saturated carbocycles. The molecule has 1 unspecified atom stereocenters. The number of rotatable bonds is 10. The molecule has 1 aromatic heterocycles. The smallest absolute Gasteiger partial charge is 0.230 e. The second-order valence-corrected chi connectivity index (χ2v) is 10.1. The normalized spacial score (nSPS) is 14.1. The molecule has 7 nitrogen and oxygen atoms in total. The zero-order valence-corrected chi connectivity index (χ0v) is 20.6. The molecule has 1 aliphatic carbocycles. The van der Waals surface area contributed by atoms with Crippen molar-refractivity contribution in [1.29, 1.82) is 0 Å². The summed E-state index contributed by atoms with van der Waals surface area (Å²) in [7, 11) is 0. The van der Waals surface area contributed by atoms with Gasteiger partial charge in [-0.25, -0.2) is 0 Å². The molecule has 4 rings (SSSR count). The maximum Gasteiger partial charge on any atom is 0.230 e. The number of benzene rings is 2. The summed E-state index contributed by atoms with van der Waals surface area (Å²) in [5, 5.41) is 15.6. The van der Waals surface area contributed by atoms with Crippen molar-refractivity contribution in [3.05, 3.63) is 66.0 Å². The van der Waals surface area contributed by atoms with E-state index in [1.165, 1.54) is 18.7 Å². The highest BCUT2D eigenvalue weighted by Gasteiger charge is 2.31. The van der Waals surface area contributed by atoms with Gasteiger partial charge in [0.2, 0.25) is 11.8 Å². The van der Waals surface area contributed by atoms with Gasteiger partial charge in [-0.2, -0.15) is 0 Å². The summed E-state index contributed by atoms with van der Waals surface area (Å²) >= 11 is 1.38. The second kappa shape index (κ2) is 10.9. The summed E-state index contributed by atoms with van der Waals surface area (Å²) in [6.07, 6.45) is 3.05. The molecule has 0 radical (unpaired) electrons. The lowest BCUT2D eigenvalue weighted by Crippen LogP contribution is -2.31. The first-order valence-electron chi connectivity index (χ1n) is 11.7. The fraction of sp³-hybridized carbons (Fsp3) is 0.385. The second-order valence-electron chi connectivity index (χ2n) is 9.13. The fourth-order valence-electron chi connectivity index (χ4n) is 3.95. The first kappa shape index (κ1) is 24.0. The minimum absolute atomic E-state index is 0.0245. The molecule has 1 fully saturated rings. The minimum atomic E-state index is -0.121. The molecule has 1 atom stereocenters. The van der Waals surface area contributed by atoms with Crippen molar-refractivity contribution in [1.82, 2.24) is 20.1 Å². The van der Waals surface area contributed by atoms with Gasteiger partial charge in [0.25, 0.3) is 0 Å². The molecule has 34 heavy (non-hydrogen) atoms. The van der Waals surface area contributed by atoms with Crippen LogP contribution in [0.2, 0.25) is 0 Å². The van der Waals surface area contributed by atoms with Crippen LogP contribution in [0.3, 0.4) is 0 Å². The number of hydrogen-bond acceptors (Lipinski definition) is 5. The molecule has 2 amide bonds. The molecule has 0 saturated heterocycles. The average molecular weight is 478 g/mol. The van der Waals surface area contributed by atoms with Crippen molar-refractivity contribution >= 4 is 29.3 Å². The van der Waals surface area contributed by atoms with Gasteiger partial charge in [0, 0.05) is 18.5 Å². The van der Waals surface area contributed by atoms with Crippen molar-refractivity contribution in [2.45, 2.75) is 57.1 Å². The van der Waals surface area contributed by atoms with Gasteiger partial charge >= 0.3 is 0 Å². The van der Waals surface area contributed by atoms with Gasteiger partial charge in [0.1, 0.15) is 5.82 Å². The molecule has 8 heteroatoms. The zero-order chi connectivity index (χ0) is 24.1. The Bertz CT molecular complexity index is 1140. The molecule has 3 aromatic rings. The van der Waals surface area contributed by atoms with E-state index in [4.69, 9.17) is 0 Å². The van der Waals surface area contributed by atoms with Gasteiger partial charge < -0.3 is 10.6 Å². The van der Waals surface area contributed by atoms with Crippen LogP contribution in [0.5, 0.6) is 0 Å². The predicted molar refractivity (Wildman–Crippen MR) is 135 cm³/mol. The third-order valence-electron chi connectivity index (χ3n) is 5.60. The summed E-state index contributed by atoms with van der Waals surface area (Å²) in [6.45, 7) is 5.81. The van der Waals surface area contributed by atoms with E-state index in [1.54, 1.807) is 0 Å². The molecule has 0 spiro atoms. The van der Waals surface area contributed by atoms with E-state index >= 15 is 0 Å². The van der Waals surface area contributed by atoms with Crippen LogP contribution in [-0.2, 0) is 9.59 Å². The van der Waals surface area contributed by atoms with Crippen molar-refractivity contribution in [3.8, 4) is 5.69 Å². The number of nitrogens with zero attached hydrogens (tertiary/aromatic N) is 3. The summed E-state index contributed by atoms with van der Waals surface area (Å²) in [5.41, 5.74) is 2.71. The maximum atomic E-state index is 12.9. The molecule has 1 aliphatic rings. The summed E-state index contributed by atoms with van der Waals surface area (Å²) in [5.74, 6) is 1.84. The monoisotopic (exact) mass is 477 g/mol. The number of thioether (sulfide) groups is 1. The number of anilines is 1. The van der Waals surface area contributed by atoms with Gasteiger partial charge in [-0.1, -0.05) is 62.0 Å². The van der Waals surface area contributed by atoms with Crippen LogP contribution in [0.1, 0.15) is 63.4 Å². The van der Waals surface area contributed by atoms with Crippen molar-refractivity contribution in [2.24, 2.45) is 5.92 Å². The SMILES string of the molecule is CC(=O)Nc1cccc(-n2c(SCC(=O)NC(CC(C)C)c3ccccc3)nnc2C2CC2)c1. The highest BCUT2D eigenvalue weighted by molar-refractivity contribution is 7.99. The lowest BCUT2D eigenvalue weighted by Gasteiger charge is -2.21. The Morgan fingerprint density at radius 1 is 1.09 bits per heavy atom. The van der Waals surface area contributed by atoms with E-state index < -0.39 is 0 Å². The Hall–Kier alpha value is -3.13. The highest BCUT2D eigenvalue weighted by atomic mass is 32.2. The Morgan fingerprint density at radius 3 is 2.53 bits per heavy atom. The van der Waals surface area contributed by atoms with Crippen LogP contribution in [0.25, 0.3) is 5.69 Å². The molecule has 0 aliphatic heterocycles. The van der Waals surface area contributed by atoms with Crippen LogP contribution < -0.4 is 10.6 Å². The molecule has 0 bridgehead atoms. The van der Waals surface area contributed by atoms with E-state index in [9.17, 15) is 9.59 Å². The van der Waals surface area contributed by atoms with E-state index in [0.717, 1.165) is 36.3 Å². The van der Waals surface area contributed by atoms with Crippen LogP contribution in [0, 0.1) is 5.92 Å². The van der Waals surface area contributed by atoms with Gasteiger partial charge in [0.15, 0.2) is 5.16 Å². The molecular weight excluding hydrogens is 446 g/mol. The minimum Gasteiger partial charge on any atom is -0.349 e. The molecular formula is C26H31N5O2S. The topological polar surface area (TPSA) is 88.9 Å². The summed E-state index contributed by atoms with van der Waals surface area (Å²) in [6, 6.07) is 17.7. The maximum absolute atomic E-state index is 12.9. The number of hydrogen-bond donors (Lipinski definition) is 2. The molecule has 178 valence electrons. The highest BCUT2D eigenvalue weighted by Crippen LogP contribution is 2.41. The molecule has 2 N–H and O–H groups in total. The summed E-state index contributed by atoms with van der Waals surface area (Å²) < 4.78 is 2.02. The van der Waals surface area contributed by atoms with E-state index in [2.05, 4.69) is 46.8 Å². The van der Waals surface area contributed by atoms with Crippen molar-refractivity contribution in [2.75, 3.05) is 11.1 Å². The number of carbonyl (C=O) groups is 2. The Balaban J connectivity index is 1.50. The standard InChI is InChI=1S/C26H31N5O2S/c1-17(2)14-23(19-8-5-4-6-9-19)28-24(33)16-34-26-30-29-25(20-12-13-20)31(26)22-11-7-10-21(15-22)27-18(3)32/h4-11,15,17,20,23H,12-14,16H2,1-3H3,(H,27,32)(H,28,33). The van der Waals surface area contributed by atoms with E-state index in [-0.39, 0.29) is 23.6 Å². The van der Waals surface area contributed by atoms with Gasteiger partial charge in [-0.15, -0.1) is 10.2 Å². The van der Waals surface area contributed by atoms with Gasteiger partial charge in [-0.05, 0) is 48.9 Å². The fourth-order valence-corrected chi connectivity index (χ4v) is 4.72. The Labute approximate surface area is 204 Å². The van der Waals surface area contributed by atoms with E-state index in [1.807, 2.05) is 47.0 Å². The number of carbonyl (C=O) groups excluding carboxylic acids is 2. The van der Waals surface area contributed by atoms with Crippen LogP contribution in [0.15, 0.2) is 59.8 Å². The van der Waals surface area contributed by atoms with Crippen LogP contribution in [-0.4, -0.2) is 32.3 Å². The van der Waals surface area contributed by atoms with E-state index in [0.29, 0.717) is 22.7 Å². The van der Waals surface area contributed by atoms with Gasteiger partial charge in [0.05, 0.1) is 17.5 Å². The molecule has 2 aromatic carbocycles. The Kier molecular flexibility index (Phi) is 7.67. The van der Waals surface area contributed by atoms with Crippen molar-refractivity contribution < 1.29 is 9.59 Å². The number of amides is 2. The largest absolute Gasteiger partial charge is 0.349 e. The van der Waals surface area contributed by atoms with Crippen LogP contribution >= 0.6 is 11.8 Å². The first-order chi connectivity index (χ1) is 16.4. The summed E-state index contributed by atoms with van der Waals surface area (Å²) in [4.78, 5) is 24.4. The third-order valence-corrected chi connectivity index (χ3v) is 6.53. The zero-order valence-electron chi connectivity index (χ0n) is 19.8. The number of aromatic nitrogens is 3. The average Bonchev–Trinajstić information content (AvgIpc) is 3.56. The lowest BCUT2D eigenvalue weighted by molar-refractivity contribution is -0.119. The predicted octanol–water partition coefficient (Wildman–Crippen LogP) is 5.10. The third kappa shape index (κ3) is 6.26. The Morgan fingerprint density at radius 2 is 1.85 bits per heavy atom. The van der Waals surface area contributed by atoms with Crippen LogP contribution in [0.4, 0.5) is 5.69 Å². The van der Waals surface area contributed by atoms with Gasteiger partial charge in [-0.3, -0.25) is 14.2 Å². The van der Waals surface area contributed by atoms with Crippen molar-refractivity contribution in [3.63, 3.8) is 0 Å².